The van der Waals surface area contributed by atoms with Gasteiger partial charge in [-0.15, -0.1) is 0 Å². The minimum absolute atomic E-state index is 0.0130. The summed E-state index contributed by atoms with van der Waals surface area (Å²) in [5.74, 6) is 1.51. The summed E-state index contributed by atoms with van der Waals surface area (Å²) in [6.07, 6.45) is 7.87. The third-order valence-electron chi connectivity index (χ3n) is 4.94. The number of furan rings is 1. The number of hydrogen-bond acceptors (Lipinski definition) is 4. The summed E-state index contributed by atoms with van der Waals surface area (Å²) in [6.45, 7) is 3.49. The molecule has 1 aliphatic heterocycles. The summed E-state index contributed by atoms with van der Waals surface area (Å²) in [5, 5.41) is 11.4. The maximum absolute atomic E-state index is 13.0. The van der Waals surface area contributed by atoms with Gasteiger partial charge in [0.05, 0.1) is 0 Å². The van der Waals surface area contributed by atoms with E-state index in [9.17, 15) is 4.79 Å². The van der Waals surface area contributed by atoms with Crippen LogP contribution in [0.2, 0.25) is 0 Å². The first kappa shape index (κ1) is 16.6. The molecule has 7 nitrogen and oxygen atoms in total. The summed E-state index contributed by atoms with van der Waals surface area (Å²) < 4.78 is 7.52. The van der Waals surface area contributed by atoms with E-state index in [2.05, 4.69) is 15.3 Å². The number of nitrogens with zero attached hydrogens (tertiary/aromatic N) is 4. The number of aryl methyl sites for hydroxylation is 2. The van der Waals surface area contributed by atoms with Gasteiger partial charge in [0.1, 0.15) is 11.5 Å². The van der Waals surface area contributed by atoms with Gasteiger partial charge < -0.3 is 9.32 Å². The Morgan fingerprint density at radius 3 is 3.08 bits per heavy atom. The van der Waals surface area contributed by atoms with Crippen LogP contribution in [0.1, 0.15) is 41.9 Å². The van der Waals surface area contributed by atoms with Gasteiger partial charge in [-0.1, -0.05) is 0 Å². The zero-order chi connectivity index (χ0) is 17.9. The van der Waals surface area contributed by atoms with Crippen molar-refractivity contribution in [1.82, 2.24) is 24.9 Å². The molecule has 0 aliphatic carbocycles. The molecule has 4 rings (SSSR count). The number of amides is 1. The van der Waals surface area contributed by atoms with Gasteiger partial charge in [0.25, 0.3) is 5.91 Å². The monoisotopic (exact) mass is 353 g/mol. The van der Waals surface area contributed by atoms with Crippen molar-refractivity contribution < 1.29 is 9.21 Å². The van der Waals surface area contributed by atoms with E-state index in [1.807, 2.05) is 40.9 Å². The van der Waals surface area contributed by atoms with Crippen LogP contribution in [-0.4, -0.2) is 43.4 Å². The highest BCUT2D eigenvalue weighted by molar-refractivity contribution is 5.93. The number of rotatable bonds is 5. The number of H-pyrrole nitrogens is 1. The lowest BCUT2D eigenvalue weighted by Crippen LogP contribution is -2.44. The second-order valence-corrected chi connectivity index (χ2v) is 6.78. The van der Waals surface area contributed by atoms with Crippen LogP contribution < -0.4 is 0 Å². The van der Waals surface area contributed by atoms with Crippen molar-refractivity contribution in [2.24, 2.45) is 0 Å². The fraction of sp³-hybridized carbons (Fsp3) is 0.421. The number of aromatic amines is 1. The molecule has 1 atom stereocenters. The number of nitrogens with one attached hydrogen (secondary N) is 1. The van der Waals surface area contributed by atoms with E-state index in [1.54, 1.807) is 12.3 Å². The molecule has 1 aliphatic rings. The highest BCUT2D eigenvalue weighted by Gasteiger charge is 2.29. The van der Waals surface area contributed by atoms with Crippen molar-refractivity contribution >= 4 is 5.91 Å². The number of piperidine rings is 1. The molecule has 0 aromatic carbocycles. The lowest BCUT2D eigenvalue weighted by molar-refractivity contribution is 0.0588. The molecule has 1 amide bonds. The van der Waals surface area contributed by atoms with Gasteiger partial charge in [-0.3, -0.25) is 14.6 Å². The first-order chi connectivity index (χ1) is 12.7. The van der Waals surface area contributed by atoms with Gasteiger partial charge in [-0.05, 0) is 50.8 Å². The molecule has 136 valence electrons. The zero-order valence-corrected chi connectivity index (χ0v) is 14.9. The van der Waals surface area contributed by atoms with Gasteiger partial charge >= 0.3 is 0 Å². The third kappa shape index (κ3) is 3.42. The molecule has 4 heterocycles. The Kier molecular flexibility index (Phi) is 4.60. The summed E-state index contributed by atoms with van der Waals surface area (Å²) in [4.78, 5) is 15.0. The Labute approximate surface area is 152 Å². The van der Waals surface area contributed by atoms with Crippen LogP contribution in [0.3, 0.4) is 0 Å². The van der Waals surface area contributed by atoms with Crippen molar-refractivity contribution in [3.63, 3.8) is 0 Å². The summed E-state index contributed by atoms with van der Waals surface area (Å²) in [5.41, 5.74) is 1.17. The molecule has 7 heteroatoms. The first-order valence-corrected chi connectivity index (χ1v) is 9.11. The molecule has 26 heavy (non-hydrogen) atoms. The van der Waals surface area contributed by atoms with Crippen LogP contribution in [0, 0.1) is 6.92 Å². The van der Waals surface area contributed by atoms with Gasteiger partial charge in [-0.2, -0.15) is 10.2 Å². The maximum atomic E-state index is 13.0. The SMILES string of the molecule is Cc1ccc(-c2cc(C(=O)N3CCCC[C@H]3CCn3cccn3)n[nH]2)o1. The summed E-state index contributed by atoms with van der Waals surface area (Å²) in [7, 11) is 0. The lowest BCUT2D eigenvalue weighted by atomic mass is 9.99. The standard InChI is InChI=1S/C19H23N5O2/c1-14-6-7-18(26-14)16-13-17(22-21-16)19(25)24-11-3-2-5-15(24)8-12-23-10-4-9-20-23/h4,6-7,9-10,13,15H,2-3,5,8,11-12H2,1H3,(H,21,22)/t15-/m0/s1. The summed E-state index contributed by atoms with van der Waals surface area (Å²) >= 11 is 0. The molecule has 1 N–H and O–H groups in total. The van der Waals surface area contributed by atoms with Crippen molar-refractivity contribution in [2.45, 2.75) is 45.2 Å². The van der Waals surface area contributed by atoms with E-state index in [0.717, 1.165) is 50.2 Å². The minimum Gasteiger partial charge on any atom is -0.460 e. The number of carbonyl (C=O) groups is 1. The summed E-state index contributed by atoms with van der Waals surface area (Å²) in [6, 6.07) is 7.70. The highest BCUT2D eigenvalue weighted by Crippen LogP contribution is 2.24. The van der Waals surface area contributed by atoms with Crippen LogP contribution >= 0.6 is 0 Å². The van der Waals surface area contributed by atoms with Crippen molar-refractivity contribution in [3.8, 4) is 11.5 Å². The number of carbonyl (C=O) groups excluding carboxylic acids is 1. The van der Waals surface area contributed by atoms with E-state index in [0.29, 0.717) is 11.5 Å². The van der Waals surface area contributed by atoms with Crippen LogP contribution in [-0.2, 0) is 6.54 Å². The van der Waals surface area contributed by atoms with Crippen LogP contribution in [0.5, 0.6) is 0 Å². The smallest absolute Gasteiger partial charge is 0.274 e. The Balaban J connectivity index is 1.47. The fourth-order valence-corrected chi connectivity index (χ4v) is 3.57. The molecule has 1 fully saturated rings. The second kappa shape index (κ2) is 7.19. The Hall–Kier alpha value is -2.83. The Bertz CT molecular complexity index is 864. The van der Waals surface area contributed by atoms with Gasteiger partial charge in [0.15, 0.2) is 11.5 Å². The first-order valence-electron chi connectivity index (χ1n) is 9.11. The molecular weight excluding hydrogens is 330 g/mol. The third-order valence-corrected chi connectivity index (χ3v) is 4.94. The normalized spacial score (nSPS) is 17.6. The van der Waals surface area contributed by atoms with Crippen LogP contribution in [0.4, 0.5) is 0 Å². The average molecular weight is 353 g/mol. The van der Waals surface area contributed by atoms with Crippen LogP contribution in [0.25, 0.3) is 11.5 Å². The van der Waals surface area contributed by atoms with Crippen molar-refractivity contribution in [3.05, 3.63) is 48.1 Å². The lowest BCUT2D eigenvalue weighted by Gasteiger charge is -2.35. The predicted molar refractivity (Wildman–Crippen MR) is 96.5 cm³/mol. The van der Waals surface area contributed by atoms with Crippen molar-refractivity contribution in [1.29, 1.82) is 0 Å². The Morgan fingerprint density at radius 1 is 1.38 bits per heavy atom. The predicted octanol–water partition coefficient (Wildman–Crippen LogP) is 3.26. The largest absolute Gasteiger partial charge is 0.460 e. The molecule has 0 bridgehead atoms. The molecule has 0 unspecified atom stereocenters. The highest BCUT2D eigenvalue weighted by atomic mass is 16.3. The quantitative estimate of drug-likeness (QED) is 0.763. The van der Waals surface area contributed by atoms with E-state index in [1.165, 1.54) is 0 Å². The molecule has 0 radical (unpaired) electrons. The molecule has 0 saturated carbocycles. The van der Waals surface area contributed by atoms with E-state index < -0.39 is 0 Å². The maximum Gasteiger partial charge on any atom is 0.274 e. The molecular formula is C19H23N5O2. The van der Waals surface area contributed by atoms with Gasteiger partial charge in [0.2, 0.25) is 0 Å². The number of aromatic nitrogens is 4. The molecule has 0 spiro atoms. The van der Waals surface area contributed by atoms with Gasteiger partial charge in [-0.25, -0.2) is 0 Å². The van der Waals surface area contributed by atoms with Gasteiger partial charge in [0, 0.05) is 37.6 Å². The second-order valence-electron chi connectivity index (χ2n) is 6.78. The van der Waals surface area contributed by atoms with E-state index in [-0.39, 0.29) is 11.9 Å². The topological polar surface area (TPSA) is 80.0 Å². The molecule has 3 aromatic heterocycles. The van der Waals surface area contributed by atoms with Crippen LogP contribution in [0.15, 0.2) is 41.1 Å². The zero-order valence-electron chi connectivity index (χ0n) is 14.9. The molecule has 3 aromatic rings. The Morgan fingerprint density at radius 2 is 2.31 bits per heavy atom. The number of likely N-dealkylation sites (tertiary alicyclic amines) is 1. The average Bonchev–Trinajstić information content (AvgIpc) is 3.41. The number of hydrogen-bond donors (Lipinski definition) is 1. The molecule has 1 saturated heterocycles. The van der Waals surface area contributed by atoms with Crippen molar-refractivity contribution in [2.75, 3.05) is 6.54 Å². The minimum atomic E-state index is -0.0130. The van der Waals surface area contributed by atoms with E-state index in [4.69, 9.17) is 4.42 Å². The van der Waals surface area contributed by atoms with E-state index >= 15 is 0 Å². The fourth-order valence-electron chi connectivity index (χ4n) is 3.57.